The normalized spacial score (nSPS) is 22.6. The van der Waals surface area contributed by atoms with Crippen LogP contribution in [0.5, 0.6) is 0 Å². The first-order chi connectivity index (χ1) is 15.0. The van der Waals surface area contributed by atoms with Crippen LogP contribution in [0.25, 0.3) is 22.0 Å². The molecule has 2 bridgehead atoms. The molecule has 2 aromatic carbocycles. The van der Waals surface area contributed by atoms with Crippen molar-refractivity contribution in [2.45, 2.75) is 43.8 Å². The van der Waals surface area contributed by atoms with Crippen LogP contribution >= 0.6 is 0 Å². The van der Waals surface area contributed by atoms with Gasteiger partial charge in [0.15, 0.2) is 5.69 Å². The Morgan fingerprint density at radius 3 is 2.42 bits per heavy atom. The molecule has 0 spiro atoms. The monoisotopic (exact) mass is 424 g/mol. The lowest BCUT2D eigenvalue weighted by molar-refractivity contribution is -0.122. The zero-order chi connectivity index (χ0) is 22.0. The largest absolute Gasteiger partial charge is 0.483 e. The summed E-state index contributed by atoms with van der Waals surface area (Å²) in [5.74, 6) is -0.392. The highest BCUT2D eigenvalue weighted by atomic mass is 19.1. The Bertz CT molecular complexity index is 1070. The molecule has 3 N–H and O–H groups in total. The van der Waals surface area contributed by atoms with Gasteiger partial charge in [-0.3, -0.25) is 14.7 Å². The van der Waals surface area contributed by atoms with Gasteiger partial charge in [-0.2, -0.15) is 5.10 Å². The van der Waals surface area contributed by atoms with Gasteiger partial charge in [0.1, 0.15) is 5.82 Å². The maximum atomic E-state index is 13.2. The van der Waals surface area contributed by atoms with Gasteiger partial charge in [-0.05, 0) is 68.1 Å². The van der Waals surface area contributed by atoms with E-state index in [0.717, 1.165) is 34.9 Å². The van der Waals surface area contributed by atoms with Crippen molar-refractivity contribution in [1.29, 1.82) is 0 Å². The molecule has 2 fully saturated rings. The number of hydrogen-bond donors (Lipinski definition) is 3. The summed E-state index contributed by atoms with van der Waals surface area (Å²) in [6, 6.07) is 13.5. The van der Waals surface area contributed by atoms with Crippen LogP contribution in [0.3, 0.4) is 0 Å². The number of amides is 1. The molecule has 31 heavy (non-hydrogen) atoms. The molecule has 1 aromatic heterocycles. The Morgan fingerprint density at radius 1 is 1.16 bits per heavy atom. The molecule has 3 aromatic rings. The average molecular weight is 424 g/mol. The standard InChI is InChI=1S/C22H23FN4O.CH2O2/c1-27-17-7-8-18(27)12-16(11-17)24-22(28)21-19-10-14(4-9-20(19)25-26-21)13-2-5-15(23)6-3-13;2-1-3/h2-6,9-10,16-18H,7-8,11-12H2,1H3,(H,24,28)(H,25,26);1H,(H,2,3). The van der Waals surface area contributed by atoms with E-state index < -0.39 is 0 Å². The Morgan fingerprint density at radius 2 is 1.77 bits per heavy atom. The molecule has 2 aliphatic rings. The molecule has 1 amide bonds. The summed E-state index contributed by atoms with van der Waals surface area (Å²) in [5, 5.41) is 18.1. The smallest absolute Gasteiger partial charge is 0.290 e. The first-order valence-electron chi connectivity index (χ1n) is 10.3. The summed E-state index contributed by atoms with van der Waals surface area (Å²) in [5.41, 5.74) is 3.08. The Labute approximate surface area is 179 Å². The topological polar surface area (TPSA) is 98.3 Å². The Kier molecular flexibility index (Phi) is 5.99. The minimum atomic E-state index is -0.264. The second-order valence-electron chi connectivity index (χ2n) is 8.14. The van der Waals surface area contributed by atoms with Crippen LogP contribution in [-0.4, -0.2) is 57.8 Å². The fourth-order valence-electron chi connectivity index (χ4n) is 4.79. The molecule has 2 unspecified atom stereocenters. The van der Waals surface area contributed by atoms with Crippen molar-refractivity contribution >= 4 is 23.3 Å². The van der Waals surface area contributed by atoms with Gasteiger partial charge in [-0.25, -0.2) is 4.39 Å². The molecular weight excluding hydrogens is 399 g/mol. The molecule has 3 heterocycles. The van der Waals surface area contributed by atoms with E-state index in [1.54, 1.807) is 12.1 Å². The van der Waals surface area contributed by atoms with E-state index in [1.165, 1.54) is 25.0 Å². The summed E-state index contributed by atoms with van der Waals surface area (Å²) < 4.78 is 13.2. The highest BCUT2D eigenvalue weighted by molar-refractivity contribution is 6.05. The number of halogens is 1. The van der Waals surface area contributed by atoms with Crippen LogP contribution in [0, 0.1) is 5.82 Å². The summed E-state index contributed by atoms with van der Waals surface area (Å²) >= 11 is 0. The van der Waals surface area contributed by atoms with Gasteiger partial charge in [0, 0.05) is 23.5 Å². The first-order valence-corrected chi connectivity index (χ1v) is 10.3. The predicted molar refractivity (Wildman–Crippen MR) is 115 cm³/mol. The van der Waals surface area contributed by atoms with Crippen molar-refractivity contribution in [3.63, 3.8) is 0 Å². The van der Waals surface area contributed by atoms with Crippen LogP contribution in [0.4, 0.5) is 4.39 Å². The van der Waals surface area contributed by atoms with Crippen LogP contribution < -0.4 is 5.32 Å². The van der Waals surface area contributed by atoms with Gasteiger partial charge in [0.05, 0.1) is 5.52 Å². The van der Waals surface area contributed by atoms with Crippen molar-refractivity contribution in [3.8, 4) is 11.1 Å². The van der Waals surface area contributed by atoms with E-state index in [4.69, 9.17) is 9.90 Å². The molecule has 0 saturated carbocycles. The number of nitrogens with zero attached hydrogens (tertiary/aromatic N) is 2. The number of nitrogens with one attached hydrogen (secondary N) is 2. The average Bonchev–Trinajstić information content (AvgIpc) is 3.25. The van der Waals surface area contributed by atoms with Crippen molar-refractivity contribution in [2.24, 2.45) is 0 Å². The number of carboxylic acid groups (broad SMARTS) is 1. The second-order valence-corrected chi connectivity index (χ2v) is 8.14. The van der Waals surface area contributed by atoms with Crippen LogP contribution in [0.15, 0.2) is 42.5 Å². The maximum Gasteiger partial charge on any atom is 0.290 e. The van der Waals surface area contributed by atoms with E-state index in [9.17, 15) is 9.18 Å². The van der Waals surface area contributed by atoms with Gasteiger partial charge in [-0.1, -0.05) is 18.2 Å². The summed E-state index contributed by atoms with van der Waals surface area (Å²) in [6.07, 6.45) is 4.45. The predicted octanol–water partition coefficient (Wildman–Crippen LogP) is 3.42. The van der Waals surface area contributed by atoms with Crippen LogP contribution in [-0.2, 0) is 4.79 Å². The summed E-state index contributed by atoms with van der Waals surface area (Å²) in [6.45, 7) is -0.250. The van der Waals surface area contributed by atoms with Gasteiger partial charge >= 0.3 is 0 Å². The Hall–Kier alpha value is -3.26. The number of carbonyl (C=O) groups is 2. The fourth-order valence-corrected chi connectivity index (χ4v) is 4.79. The molecule has 0 radical (unpaired) electrons. The molecule has 8 heteroatoms. The molecule has 0 aliphatic carbocycles. The Balaban J connectivity index is 0.000000730. The molecular formula is C23H25FN4O3. The number of hydrogen-bond acceptors (Lipinski definition) is 4. The molecule has 2 saturated heterocycles. The van der Waals surface area contributed by atoms with Gasteiger partial charge < -0.3 is 15.3 Å². The van der Waals surface area contributed by atoms with Crippen molar-refractivity contribution < 1.29 is 19.1 Å². The highest BCUT2D eigenvalue weighted by Gasteiger charge is 2.39. The molecule has 162 valence electrons. The highest BCUT2D eigenvalue weighted by Crippen LogP contribution is 2.34. The third-order valence-corrected chi connectivity index (χ3v) is 6.39. The molecule has 2 aliphatic heterocycles. The lowest BCUT2D eigenvalue weighted by atomic mass is 9.97. The van der Waals surface area contributed by atoms with Crippen molar-refractivity contribution in [3.05, 3.63) is 54.0 Å². The zero-order valence-corrected chi connectivity index (χ0v) is 17.2. The third kappa shape index (κ3) is 4.29. The van der Waals surface area contributed by atoms with E-state index >= 15 is 0 Å². The maximum absolute atomic E-state index is 13.2. The summed E-state index contributed by atoms with van der Waals surface area (Å²) in [4.78, 5) is 23.8. The van der Waals surface area contributed by atoms with Crippen molar-refractivity contribution in [1.82, 2.24) is 20.4 Å². The number of aromatic nitrogens is 2. The zero-order valence-electron chi connectivity index (χ0n) is 17.2. The van der Waals surface area contributed by atoms with Crippen LogP contribution in [0.1, 0.15) is 36.2 Å². The van der Waals surface area contributed by atoms with Gasteiger partial charge in [-0.15, -0.1) is 0 Å². The quantitative estimate of drug-likeness (QED) is 0.560. The minimum Gasteiger partial charge on any atom is -0.483 e. The summed E-state index contributed by atoms with van der Waals surface area (Å²) in [7, 11) is 2.19. The van der Waals surface area contributed by atoms with Gasteiger partial charge in [0.25, 0.3) is 12.4 Å². The number of H-pyrrole nitrogens is 1. The molecule has 7 nitrogen and oxygen atoms in total. The number of aromatic amines is 1. The molecule has 5 rings (SSSR count). The van der Waals surface area contributed by atoms with Crippen LogP contribution in [0.2, 0.25) is 0 Å². The second kappa shape index (κ2) is 8.85. The van der Waals surface area contributed by atoms with E-state index in [-0.39, 0.29) is 24.2 Å². The number of piperidine rings is 1. The first kappa shape index (κ1) is 21.0. The van der Waals surface area contributed by atoms with E-state index in [0.29, 0.717) is 17.8 Å². The number of benzene rings is 2. The van der Waals surface area contributed by atoms with Crippen molar-refractivity contribution in [2.75, 3.05) is 7.05 Å². The lowest BCUT2D eigenvalue weighted by Gasteiger charge is -2.36. The lowest BCUT2D eigenvalue weighted by Crippen LogP contribution is -2.48. The van der Waals surface area contributed by atoms with E-state index in [1.807, 2.05) is 18.2 Å². The van der Waals surface area contributed by atoms with E-state index in [2.05, 4.69) is 27.5 Å². The SMILES string of the molecule is CN1C2CCC1CC(NC(=O)c1n[nH]c3ccc(-c4ccc(F)cc4)cc13)C2.O=CO. The number of carbonyl (C=O) groups excluding carboxylic acids is 1. The third-order valence-electron chi connectivity index (χ3n) is 6.39. The van der Waals surface area contributed by atoms with Gasteiger partial charge in [0.2, 0.25) is 0 Å². The number of rotatable bonds is 3. The fraction of sp³-hybridized carbons (Fsp3) is 0.348. The molecule has 2 atom stereocenters. The minimum absolute atomic E-state index is 0.128. The number of fused-ring (bicyclic) bond motifs is 3.